The maximum Gasteiger partial charge on any atom is 0.277 e. The van der Waals surface area contributed by atoms with Gasteiger partial charge in [-0.25, -0.2) is 0 Å². The van der Waals surface area contributed by atoms with E-state index in [-0.39, 0.29) is 17.6 Å². The highest BCUT2D eigenvalue weighted by Crippen LogP contribution is 2.27. The number of amides is 1. The number of nitrogens with zero attached hydrogens (tertiary/aromatic N) is 5. The second-order valence-corrected chi connectivity index (χ2v) is 5.81. The molecule has 0 aromatic carbocycles. The van der Waals surface area contributed by atoms with Gasteiger partial charge in [-0.1, -0.05) is 16.9 Å². The lowest BCUT2D eigenvalue weighted by molar-refractivity contribution is -0.127. The Morgan fingerprint density at radius 3 is 2.95 bits per heavy atom. The van der Waals surface area contributed by atoms with E-state index < -0.39 is 0 Å². The van der Waals surface area contributed by atoms with E-state index in [0.29, 0.717) is 35.9 Å². The number of aryl methyl sites for hydroxylation is 2. The van der Waals surface area contributed by atoms with E-state index in [9.17, 15) is 4.79 Å². The molecule has 3 heterocycles. The number of thioether (sulfide) groups is 1. The molecular weight excluding hydrogens is 294 g/mol. The first-order chi connectivity index (χ1) is 10.1. The van der Waals surface area contributed by atoms with Crippen molar-refractivity contribution >= 4 is 17.7 Å². The molecule has 2 aromatic rings. The maximum absolute atomic E-state index is 12.2. The molecule has 0 bridgehead atoms. The first-order valence-electron chi connectivity index (χ1n) is 6.62. The second kappa shape index (κ2) is 5.84. The van der Waals surface area contributed by atoms with Crippen LogP contribution in [-0.4, -0.2) is 50.0 Å². The summed E-state index contributed by atoms with van der Waals surface area (Å²) in [4.78, 5) is 18.2. The molecule has 1 aliphatic heterocycles. The van der Waals surface area contributed by atoms with Crippen molar-refractivity contribution in [3.05, 3.63) is 17.6 Å². The van der Waals surface area contributed by atoms with Crippen molar-refractivity contribution in [3.8, 4) is 0 Å². The Balaban J connectivity index is 1.52. The molecule has 8 nitrogen and oxygen atoms in total. The molecule has 1 unspecified atom stereocenters. The van der Waals surface area contributed by atoms with Crippen molar-refractivity contribution in [2.24, 2.45) is 0 Å². The summed E-state index contributed by atoms with van der Waals surface area (Å²) in [5.74, 6) is 2.20. The molecule has 3 rings (SSSR count). The molecule has 0 N–H and O–H groups in total. The molecule has 21 heavy (non-hydrogen) atoms. The van der Waals surface area contributed by atoms with Crippen LogP contribution in [0.25, 0.3) is 0 Å². The molecule has 0 saturated carbocycles. The van der Waals surface area contributed by atoms with Crippen LogP contribution in [0.4, 0.5) is 0 Å². The van der Waals surface area contributed by atoms with Crippen LogP contribution in [0, 0.1) is 13.8 Å². The zero-order valence-electron chi connectivity index (χ0n) is 11.8. The van der Waals surface area contributed by atoms with Gasteiger partial charge >= 0.3 is 0 Å². The summed E-state index contributed by atoms with van der Waals surface area (Å²) in [5, 5.41) is 11.8. The van der Waals surface area contributed by atoms with Gasteiger partial charge < -0.3 is 13.8 Å². The standard InChI is InChI=1S/C12H15N5O3S/c1-7-13-11(20-16-7)9-3-4-17(5-9)10(18)6-21-12-15-14-8(2)19-12/h9H,3-6H2,1-2H3. The summed E-state index contributed by atoms with van der Waals surface area (Å²) in [6, 6.07) is 0. The van der Waals surface area contributed by atoms with E-state index in [0.717, 1.165) is 6.42 Å². The molecule has 1 saturated heterocycles. The second-order valence-electron chi connectivity index (χ2n) is 4.88. The lowest BCUT2D eigenvalue weighted by atomic mass is 10.1. The topological polar surface area (TPSA) is 98.2 Å². The SMILES string of the molecule is Cc1noc(C2CCN(C(=O)CSc3nnc(C)o3)C2)n1. The van der Waals surface area contributed by atoms with Crippen molar-refractivity contribution in [2.45, 2.75) is 31.4 Å². The van der Waals surface area contributed by atoms with Gasteiger partial charge in [-0.05, 0) is 13.3 Å². The van der Waals surface area contributed by atoms with E-state index in [1.165, 1.54) is 11.8 Å². The molecule has 2 aromatic heterocycles. The molecule has 1 aliphatic rings. The summed E-state index contributed by atoms with van der Waals surface area (Å²) < 4.78 is 10.4. The lowest BCUT2D eigenvalue weighted by Gasteiger charge is -2.14. The molecule has 0 spiro atoms. The number of hydrogen-bond donors (Lipinski definition) is 0. The number of carbonyl (C=O) groups excluding carboxylic acids is 1. The fraction of sp³-hybridized carbons (Fsp3) is 0.583. The summed E-state index contributed by atoms with van der Waals surface area (Å²) in [5.41, 5.74) is 0. The fourth-order valence-electron chi connectivity index (χ4n) is 2.22. The highest BCUT2D eigenvalue weighted by molar-refractivity contribution is 7.99. The van der Waals surface area contributed by atoms with Crippen molar-refractivity contribution in [3.63, 3.8) is 0 Å². The van der Waals surface area contributed by atoms with Gasteiger partial charge in [0.15, 0.2) is 5.82 Å². The predicted octanol–water partition coefficient (Wildman–Crippen LogP) is 1.18. The molecule has 112 valence electrons. The minimum atomic E-state index is 0.0505. The third-order valence-corrected chi connectivity index (χ3v) is 4.06. The first-order valence-corrected chi connectivity index (χ1v) is 7.61. The Hall–Kier alpha value is -1.90. The Bertz CT molecular complexity index is 640. The van der Waals surface area contributed by atoms with Crippen molar-refractivity contribution < 1.29 is 13.7 Å². The monoisotopic (exact) mass is 309 g/mol. The third kappa shape index (κ3) is 3.23. The van der Waals surface area contributed by atoms with E-state index in [4.69, 9.17) is 8.94 Å². The van der Waals surface area contributed by atoms with E-state index in [1.807, 2.05) is 0 Å². The summed E-state index contributed by atoms with van der Waals surface area (Å²) in [6.07, 6.45) is 0.845. The third-order valence-electron chi connectivity index (χ3n) is 3.26. The Kier molecular flexibility index (Phi) is 3.91. The van der Waals surface area contributed by atoms with Gasteiger partial charge in [0.25, 0.3) is 5.22 Å². The first kappa shape index (κ1) is 14.1. The number of rotatable bonds is 4. The van der Waals surface area contributed by atoms with Crippen LogP contribution in [0.5, 0.6) is 0 Å². The fourth-order valence-corrected chi connectivity index (χ4v) is 2.93. The van der Waals surface area contributed by atoms with Crippen molar-refractivity contribution in [1.82, 2.24) is 25.2 Å². The van der Waals surface area contributed by atoms with E-state index >= 15 is 0 Å². The average Bonchev–Trinajstić information content (AvgIpc) is 3.16. The van der Waals surface area contributed by atoms with Gasteiger partial charge in [-0.2, -0.15) is 4.98 Å². The van der Waals surface area contributed by atoms with E-state index in [1.54, 1.807) is 18.7 Å². The number of carbonyl (C=O) groups is 1. The minimum Gasteiger partial charge on any atom is -0.416 e. The highest BCUT2D eigenvalue weighted by atomic mass is 32.2. The van der Waals surface area contributed by atoms with E-state index in [2.05, 4.69) is 20.3 Å². The molecule has 0 aliphatic carbocycles. The van der Waals surface area contributed by atoms with Crippen LogP contribution in [0.3, 0.4) is 0 Å². The predicted molar refractivity (Wildman–Crippen MR) is 72.7 cm³/mol. The van der Waals surface area contributed by atoms with Crippen LogP contribution in [0.15, 0.2) is 14.2 Å². The largest absolute Gasteiger partial charge is 0.416 e. The van der Waals surface area contributed by atoms with Crippen molar-refractivity contribution in [2.75, 3.05) is 18.8 Å². The van der Waals surface area contributed by atoms with Crippen LogP contribution < -0.4 is 0 Å². The van der Waals surface area contributed by atoms with Crippen LogP contribution in [-0.2, 0) is 4.79 Å². The summed E-state index contributed by atoms with van der Waals surface area (Å²) in [6.45, 7) is 4.82. The number of likely N-dealkylation sites (tertiary alicyclic amines) is 1. The van der Waals surface area contributed by atoms with Gasteiger partial charge in [0.2, 0.25) is 17.7 Å². The number of aromatic nitrogens is 4. The van der Waals surface area contributed by atoms with Gasteiger partial charge in [-0.3, -0.25) is 4.79 Å². The Morgan fingerprint density at radius 1 is 1.43 bits per heavy atom. The summed E-state index contributed by atoms with van der Waals surface area (Å²) >= 11 is 1.25. The smallest absolute Gasteiger partial charge is 0.277 e. The van der Waals surface area contributed by atoms with Gasteiger partial charge in [0.1, 0.15) is 0 Å². The van der Waals surface area contributed by atoms with Crippen molar-refractivity contribution in [1.29, 1.82) is 0 Å². The molecular formula is C12H15N5O3S. The zero-order chi connectivity index (χ0) is 14.8. The molecule has 1 amide bonds. The maximum atomic E-state index is 12.2. The van der Waals surface area contributed by atoms with Gasteiger partial charge in [0.05, 0.1) is 11.7 Å². The Labute approximate surface area is 125 Å². The highest BCUT2D eigenvalue weighted by Gasteiger charge is 2.30. The zero-order valence-corrected chi connectivity index (χ0v) is 12.6. The van der Waals surface area contributed by atoms with Gasteiger partial charge in [0, 0.05) is 20.0 Å². The molecule has 0 radical (unpaired) electrons. The summed E-state index contributed by atoms with van der Waals surface area (Å²) in [7, 11) is 0. The Morgan fingerprint density at radius 2 is 2.29 bits per heavy atom. The lowest BCUT2D eigenvalue weighted by Crippen LogP contribution is -2.30. The molecule has 9 heteroatoms. The minimum absolute atomic E-state index is 0.0505. The van der Waals surface area contributed by atoms with Gasteiger partial charge in [-0.15, -0.1) is 10.2 Å². The molecule has 1 atom stereocenters. The quantitative estimate of drug-likeness (QED) is 0.776. The van der Waals surface area contributed by atoms with Crippen LogP contribution in [0.2, 0.25) is 0 Å². The normalized spacial score (nSPS) is 18.4. The molecule has 1 fully saturated rings. The average molecular weight is 309 g/mol. The van der Waals surface area contributed by atoms with Crippen LogP contribution in [0.1, 0.15) is 29.9 Å². The number of hydrogen-bond acceptors (Lipinski definition) is 8. The van der Waals surface area contributed by atoms with Crippen LogP contribution >= 0.6 is 11.8 Å².